The monoisotopic (exact) mass is 211 g/mol. The maximum atomic E-state index is 5.31. The van der Waals surface area contributed by atoms with Gasteiger partial charge in [-0.2, -0.15) is 0 Å². The third-order valence-electron chi connectivity index (χ3n) is 1.32. The zero-order chi connectivity index (χ0) is 8.10. The second-order valence-corrected chi connectivity index (χ2v) is 3.11. The van der Waals surface area contributed by atoms with Crippen molar-refractivity contribution in [3.63, 3.8) is 0 Å². The van der Waals surface area contributed by atoms with Crippen molar-refractivity contribution in [3.8, 4) is 0 Å². The molecule has 2 N–H and O–H groups in total. The molecule has 1 rings (SSSR count). The molecule has 0 aliphatic heterocycles. The van der Waals surface area contributed by atoms with Crippen LogP contribution in [0.4, 0.5) is 0 Å². The van der Waals surface area contributed by atoms with Gasteiger partial charge >= 0.3 is 0 Å². The van der Waals surface area contributed by atoms with E-state index < -0.39 is 0 Å². The summed E-state index contributed by atoms with van der Waals surface area (Å²) in [5, 5.41) is 0. The molecule has 0 radical (unpaired) electrons. The molecule has 0 heterocycles. The maximum absolute atomic E-state index is 5.31. The summed E-state index contributed by atoms with van der Waals surface area (Å²) in [5.41, 5.74) is 6.49. The minimum Gasteiger partial charge on any atom is -0.327 e. The predicted molar refractivity (Wildman–Crippen MR) is 52.2 cm³/mol. The number of rotatable bonds is 2. The Kier molecular flexibility index (Phi) is 3.33. The van der Waals surface area contributed by atoms with Crippen molar-refractivity contribution in [2.75, 3.05) is 6.54 Å². The van der Waals surface area contributed by atoms with E-state index in [1.807, 2.05) is 36.4 Å². The van der Waals surface area contributed by atoms with Gasteiger partial charge in [-0.1, -0.05) is 40.2 Å². The van der Waals surface area contributed by atoms with Crippen LogP contribution in [0.5, 0.6) is 0 Å². The van der Waals surface area contributed by atoms with Crippen LogP contribution in [-0.2, 0) is 0 Å². The molecule has 0 amide bonds. The van der Waals surface area contributed by atoms with Gasteiger partial charge in [-0.15, -0.1) is 0 Å². The molecule has 0 aliphatic rings. The second kappa shape index (κ2) is 4.31. The molecule has 0 saturated heterocycles. The summed E-state index contributed by atoms with van der Waals surface area (Å²) in [6.07, 6.45) is 3.94. The summed E-state index contributed by atoms with van der Waals surface area (Å²) in [4.78, 5) is 0. The Morgan fingerprint density at radius 1 is 1.27 bits per heavy atom. The molecule has 0 spiro atoms. The molecule has 1 aromatic rings. The molecular weight excluding hydrogens is 202 g/mol. The largest absolute Gasteiger partial charge is 0.327 e. The third-order valence-corrected chi connectivity index (χ3v) is 1.85. The van der Waals surface area contributed by atoms with Crippen LogP contribution in [-0.4, -0.2) is 6.54 Å². The van der Waals surface area contributed by atoms with Gasteiger partial charge in [0.2, 0.25) is 0 Å². The van der Waals surface area contributed by atoms with E-state index in [0.29, 0.717) is 6.54 Å². The first kappa shape index (κ1) is 8.50. The van der Waals surface area contributed by atoms with E-state index in [0.717, 1.165) is 4.47 Å². The smallest absolute Gasteiger partial charge is 0.0175 e. The minimum absolute atomic E-state index is 0.593. The van der Waals surface area contributed by atoms with E-state index >= 15 is 0 Å². The van der Waals surface area contributed by atoms with Crippen LogP contribution < -0.4 is 5.73 Å². The Labute approximate surface area is 75.0 Å². The summed E-state index contributed by atoms with van der Waals surface area (Å²) in [6.45, 7) is 0.593. The topological polar surface area (TPSA) is 26.0 Å². The first-order chi connectivity index (χ1) is 5.33. The van der Waals surface area contributed by atoms with E-state index in [4.69, 9.17) is 5.73 Å². The maximum Gasteiger partial charge on any atom is 0.0175 e. The van der Waals surface area contributed by atoms with Gasteiger partial charge in [0.25, 0.3) is 0 Å². The fourth-order valence-electron chi connectivity index (χ4n) is 0.778. The van der Waals surface area contributed by atoms with Crippen LogP contribution in [0, 0.1) is 0 Å². The Hall–Kier alpha value is -0.600. The van der Waals surface area contributed by atoms with Crippen LogP contribution in [0.15, 0.2) is 34.8 Å². The number of halogens is 1. The molecule has 0 atom stereocenters. The summed E-state index contributed by atoms with van der Waals surface area (Å²) in [7, 11) is 0. The highest BCUT2D eigenvalue weighted by Gasteiger charge is 1.85. The molecular formula is C9H10BrN. The van der Waals surface area contributed by atoms with E-state index in [1.54, 1.807) is 0 Å². The molecule has 0 saturated carbocycles. The average molecular weight is 212 g/mol. The molecule has 2 heteroatoms. The summed E-state index contributed by atoms with van der Waals surface area (Å²) < 4.78 is 1.10. The highest BCUT2D eigenvalue weighted by atomic mass is 79.9. The normalized spacial score (nSPS) is 10.7. The molecule has 0 aliphatic carbocycles. The fourth-order valence-corrected chi connectivity index (χ4v) is 1.04. The zero-order valence-electron chi connectivity index (χ0n) is 6.13. The summed E-state index contributed by atoms with van der Waals surface area (Å²) >= 11 is 3.36. The quantitative estimate of drug-likeness (QED) is 0.800. The molecule has 0 fully saturated rings. The van der Waals surface area contributed by atoms with E-state index in [1.165, 1.54) is 5.56 Å². The van der Waals surface area contributed by atoms with Crippen LogP contribution in [0.1, 0.15) is 5.56 Å². The lowest BCUT2D eigenvalue weighted by Gasteiger charge is -1.92. The van der Waals surface area contributed by atoms with E-state index in [-0.39, 0.29) is 0 Å². The van der Waals surface area contributed by atoms with Crippen LogP contribution in [0.3, 0.4) is 0 Å². The molecule has 58 valence electrons. The van der Waals surface area contributed by atoms with Crippen molar-refractivity contribution >= 4 is 22.0 Å². The van der Waals surface area contributed by atoms with Crippen molar-refractivity contribution in [2.24, 2.45) is 5.73 Å². The Morgan fingerprint density at radius 3 is 2.45 bits per heavy atom. The van der Waals surface area contributed by atoms with E-state index in [9.17, 15) is 0 Å². The summed E-state index contributed by atoms with van der Waals surface area (Å²) in [6, 6.07) is 8.10. The van der Waals surface area contributed by atoms with Crippen molar-refractivity contribution in [2.45, 2.75) is 0 Å². The van der Waals surface area contributed by atoms with Gasteiger partial charge < -0.3 is 5.73 Å². The summed E-state index contributed by atoms with van der Waals surface area (Å²) in [5.74, 6) is 0. The van der Waals surface area contributed by atoms with Crippen molar-refractivity contribution in [3.05, 3.63) is 40.4 Å². The van der Waals surface area contributed by atoms with Gasteiger partial charge in [-0.3, -0.25) is 0 Å². The zero-order valence-corrected chi connectivity index (χ0v) is 7.71. The van der Waals surface area contributed by atoms with Crippen molar-refractivity contribution in [1.82, 2.24) is 0 Å². The SMILES string of the molecule is NCC=Cc1ccc(Br)cc1. The molecule has 11 heavy (non-hydrogen) atoms. The van der Waals surface area contributed by atoms with Crippen molar-refractivity contribution < 1.29 is 0 Å². The molecule has 1 aromatic carbocycles. The number of nitrogens with two attached hydrogens (primary N) is 1. The first-order valence-corrected chi connectivity index (χ1v) is 4.24. The first-order valence-electron chi connectivity index (χ1n) is 3.45. The lowest BCUT2D eigenvalue weighted by Crippen LogP contribution is -1.91. The van der Waals surface area contributed by atoms with Gasteiger partial charge in [0.1, 0.15) is 0 Å². The van der Waals surface area contributed by atoms with Gasteiger partial charge in [0, 0.05) is 11.0 Å². The van der Waals surface area contributed by atoms with Gasteiger partial charge in [-0.05, 0) is 17.7 Å². The number of benzene rings is 1. The molecule has 0 aromatic heterocycles. The second-order valence-electron chi connectivity index (χ2n) is 2.19. The molecule has 1 nitrogen and oxygen atoms in total. The minimum atomic E-state index is 0.593. The predicted octanol–water partition coefficient (Wildman–Crippen LogP) is 2.42. The van der Waals surface area contributed by atoms with E-state index in [2.05, 4.69) is 15.9 Å². The lowest BCUT2D eigenvalue weighted by molar-refractivity contribution is 1.26. The molecule has 0 unspecified atom stereocenters. The Bertz CT molecular complexity index is 238. The fraction of sp³-hybridized carbons (Fsp3) is 0.111. The Balaban J connectivity index is 2.73. The van der Waals surface area contributed by atoms with Gasteiger partial charge in [0.05, 0.1) is 0 Å². The number of hydrogen-bond donors (Lipinski definition) is 1. The Morgan fingerprint density at radius 2 is 1.91 bits per heavy atom. The highest BCUT2D eigenvalue weighted by Crippen LogP contribution is 2.11. The average Bonchev–Trinajstić information content (AvgIpc) is 2.04. The standard InChI is InChI=1S/C9H10BrN/c10-9-5-3-8(4-6-9)2-1-7-11/h1-6H,7,11H2. The third kappa shape index (κ3) is 2.87. The van der Waals surface area contributed by atoms with Crippen molar-refractivity contribution in [1.29, 1.82) is 0 Å². The van der Waals surface area contributed by atoms with Gasteiger partial charge in [0.15, 0.2) is 0 Å². The van der Waals surface area contributed by atoms with Crippen LogP contribution >= 0.6 is 15.9 Å². The van der Waals surface area contributed by atoms with Gasteiger partial charge in [-0.25, -0.2) is 0 Å². The van der Waals surface area contributed by atoms with Crippen LogP contribution in [0.25, 0.3) is 6.08 Å². The lowest BCUT2D eigenvalue weighted by atomic mass is 10.2. The highest BCUT2D eigenvalue weighted by molar-refractivity contribution is 9.10. The molecule has 0 bridgehead atoms. The number of hydrogen-bond acceptors (Lipinski definition) is 1. The van der Waals surface area contributed by atoms with Crippen LogP contribution in [0.2, 0.25) is 0 Å².